The van der Waals surface area contributed by atoms with Crippen LogP contribution >= 0.6 is 0 Å². The molecule has 3 heteroatoms. The summed E-state index contributed by atoms with van der Waals surface area (Å²) in [5, 5.41) is 0. The van der Waals surface area contributed by atoms with Crippen LogP contribution in [0.5, 0.6) is 0 Å². The summed E-state index contributed by atoms with van der Waals surface area (Å²) in [5.41, 5.74) is -0.314. The largest absolute Gasteiger partial charge is 0.376 e. The maximum atomic E-state index is 12.2. The highest BCUT2D eigenvalue weighted by atomic mass is 19.3. The van der Waals surface area contributed by atoms with Gasteiger partial charge in [0.05, 0.1) is 12.2 Å². The molecule has 0 unspecified atom stereocenters. The molecular weight excluding hydrogens is 150 g/mol. The van der Waals surface area contributed by atoms with Crippen molar-refractivity contribution in [2.24, 2.45) is 0 Å². The summed E-state index contributed by atoms with van der Waals surface area (Å²) in [4.78, 5) is 0. The Balaban J connectivity index is 3.44. The molecule has 0 radical (unpaired) electrons. The molecule has 0 saturated heterocycles. The zero-order valence-electron chi connectivity index (χ0n) is 7.58. The van der Waals surface area contributed by atoms with Crippen LogP contribution in [0.1, 0.15) is 34.1 Å². The Morgan fingerprint density at radius 2 is 1.55 bits per heavy atom. The molecule has 0 atom stereocenters. The first-order valence-electron chi connectivity index (χ1n) is 3.72. The van der Waals surface area contributed by atoms with E-state index in [4.69, 9.17) is 4.74 Å². The lowest BCUT2D eigenvalue weighted by atomic mass is 10.2. The molecule has 0 rings (SSSR count). The smallest absolute Gasteiger partial charge is 0.247 e. The third-order valence-electron chi connectivity index (χ3n) is 1.08. The fourth-order valence-corrected chi connectivity index (χ4v) is 0.536. The van der Waals surface area contributed by atoms with Gasteiger partial charge in [-0.05, 0) is 27.7 Å². The van der Waals surface area contributed by atoms with Crippen molar-refractivity contribution in [3.63, 3.8) is 0 Å². The number of hydrogen-bond donors (Lipinski definition) is 0. The maximum absolute atomic E-state index is 12.2. The Morgan fingerprint density at radius 3 is 1.82 bits per heavy atom. The maximum Gasteiger partial charge on any atom is 0.247 e. The molecule has 0 spiro atoms. The number of halogens is 2. The van der Waals surface area contributed by atoms with E-state index in [1.807, 2.05) is 20.8 Å². The van der Waals surface area contributed by atoms with Crippen molar-refractivity contribution in [3.8, 4) is 0 Å². The fraction of sp³-hybridized carbons (Fsp3) is 1.00. The highest BCUT2D eigenvalue weighted by Crippen LogP contribution is 2.18. The standard InChI is InChI=1S/C8H16F2O/c1-7(2,3)11-6-5-8(4,9)10/h5-6H2,1-4H3. The van der Waals surface area contributed by atoms with E-state index in [0.717, 1.165) is 6.92 Å². The fourth-order valence-electron chi connectivity index (χ4n) is 0.536. The van der Waals surface area contributed by atoms with Crippen LogP contribution in [0.3, 0.4) is 0 Å². The van der Waals surface area contributed by atoms with E-state index in [0.29, 0.717) is 0 Å². The van der Waals surface area contributed by atoms with E-state index >= 15 is 0 Å². The third kappa shape index (κ3) is 9.82. The number of hydrogen-bond acceptors (Lipinski definition) is 1. The Kier molecular flexibility index (Phi) is 3.42. The molecule has 0 heterocycles. The molecular formula is C8H16F2O. The van der Waals surface area contributed by atoms with Crippen molar-refractivity contribution >= 4 is 0 Å². The van der Waals surface area contributed by atoms with E-state index in [9.17, 15) is 8.78 Å². The van der Waals surface area contributed by atoms with Crippen LogP contribution in [0.25, 0.3) is 0 Å². The summed E-state index contributed by atoms with van der Waals surface area (Å²) in [6.45, 7) is 6.56. The minimum Gasteiger partial charge on any atom is -0.376 e. The van der Waals surface area contributed by atoms with E-state index in [1.165, 1.54) is 0 Å². The molecule has 0 aromatic heterocycles. The molecule has 11 heavy (non-hydrogen) atoms. The van der Waals surface area contributed by atoms with Gasteiger partial charge in [0, 0.05) is 6.42 Å². The molecule has 0 aromatic rings. The van der Waals surface area contributed by atoms with Crippen molar-refractivity contribution in [1.82, 2.24) is 0 Å². The molecule has 0 aliphatic heterocycles. The number of ether oxygens (including phenoxy) is 1. The first-order chi connectivity index (χ1) is 4.71. The summed E-state index contributed by atoms with van der Waals surface area (Å²) in [7, 11) is 0. The number of alkyl halides is 2. The van der Waals surface area contributed by atoms with Crippen molar-refractivity contribution in [2.75, 3.05) is 6.61 Å². The first-order valence-corrected chi connectivity index (χ1v) is 3.72. The van der Waals surface area contributed by atoms with Gasteiger partial charge in [-0.1, -0.05) is 0 Å². The Morgan fingerprint density at radius 1 is 1.09 bits per heavy atom. The van der Waals surface area contributed by atoms with E-state index in [-0.39, 0.29) is 18.6 Å². The zero-order valence-corrected chi connectivity index (χ0v) is 7.58. The van der Waals surface area contributed by atoms with Gasteiger partial charge in [0.25, 0.3) is 0 Å². The molecule has 0 fully saturated rings. The molecule has 0 saturated carbocycles. The second kappa shape index (κ2) is 3.48. The second-order valence-electron chi connectivity index (χ2n) is 3.78. The molecule has 0 aliphatic rings. The lowest BCUT2D eigenvalue weighted by molar-refractivity contribution is -0.0566. The van der Waals surface area contributed by atoms with Gasteiger partial charge in [-0.3, -0.25) is 0 Å². The van der Waals surface area contributed by atoms with Gasteiger partial charge in [-0.2, -0.15) is 0 Å². The van der Waals surface area contributed by atoms with Gasteiger partial charge in [0.2, 0.25) is 5.92 Å². The van der Waals surface area contributed by atoms with Crippen LogP contribution in [-0.4, -0.2) is 18.1 Å². The van der Waals surface area contributed by atoms with Crippen LogP contribution in [0.15, 0.2) is 0 Å². The zero-order chi connectivity index (χ0) is 9.12. The Bertz CT molecular complexity index is 96.2. The van der Waals surface area contributed by atoms with Gasteiger partial charge in [-0.15, -0.1) is 0 Å². The average Bonchev–Trinajstić information content (AvgIpc) is 1.55. The van der Waals surface area contributed by atoms with Crippen LogP contribution in [0.4, 0.5) is 8.78 Å². The summed E-state index contributed by atoms with van der Waals surface area (Å²) in [5.74, 6) is -2.61. The van der Waals surface area contributed by atoms with Gasteiger partial charge >= 0.3 is 0 Å². The SMILES string of the molecule is CC(F)(F)CCOC(C)(C)C. The Hall–Kier alpha value is -0.180. The van der Waals surface area contributed by atoms with Crippen LogP contribution < -0.4 is 0 Å². The normalized spacial score (nSPS) is 13.6. The quantitative estimate of drug-likeness (QED) is 0.626. The monoisotopic (exact) mass is 166 g/mol. The van der Waals surface area contributed by atoms with Gasteiger partial charge in [0.1, 0.15) is 0 Å². The molecule has 0 N–H and O–H groups in total. The lowest BCUT2D eigenvalue weighted by Gasteiger charge is -2.20. The van der Waals surface area contributed by atoms with Crippen molar-refractivity contribution < 1.29 is 13.5 Å². The number of rotatable bonds is 3. The Labute approximate surface area is 66.7 Å². The molecule has 68 valence electrons. The summed E-state index contributed by atoms with van der Waals surface area (Å²) in [6, 6.07) is 0. The van der Waals surface area contributed by atoms with Crippen LogP contribution in [-0.2, 0) is 4.74 Å². The minimum absolute atomic E-state index is 0.118. The minimum atomic E-state index is -2.61. The highest BCUT2D eigenvalue weighted by Gasteiger charge is 2.21. The van der Waals surface area contributed by atoms with Crippen molar-refractivity contribution in [1.29, 1.82) is 0 Å². The molecule has 0 amide bonds. The summed E-state index contributed by atoms with van der Waals surface area (Å²) >= 11 is 0. The second-order valence-corrected chi connectivity index (χ2v) is 3.78. The summed E-state index contributed by atoms with van der Waals surface area (Å²) < 4.78 is 29.6. The van der Waals surface area contributed by atoms with Crippen LogP contribution in [0, 0.1) is 0 Å². The predicted molar refractivity (Wildman–Crippen MR) is 40.9 cm³/mol. The molecule has 0 bridgehead atoms. The van der Waals surface area contributed by atoms with Gasteiger partial charge in [-0.25, -0.2) is 8.78 Å². The molecule has 0 aliphatic carbocycles. The van der Waals surface area contributed by atoms with E-state index in [1.54, 1.807) is 0 Å². The topological polar surface area (TPSA) is 9.23 Å². The third-order valence-corrected chi connectivity index (χ3v) is 1.08. The lowest BCUT2D eigenvalue weighted by Crippen LogP contribution is -2.23. The van der Waals surface area contributed by atoms with Gasteiger partial charge in [0.15, 0.2) is 0 Å². The highest BCUT2D eigenvalue weighted by molar-refractivity contribution is 4.62. The predicted octanol–water partition coefficient (Wildman–Crippen LogP) is 2.85. The van der Waals surface area contributed by atoms with E-state index in [2.05, 4.69) is 0 Å². The molecule has 1 nitrogen and oxygen atoms in total. The van der Waals surface area contributed by atoms with Crippen molar-refractivity contribution in [2.45, 2.75) is 45.6 Å². The first kappa shape index (κ1) is 10.8. The van der Waals surface area contributed by atoms with Crippen LogP contribution in [0.2, 0.25) is 0 Å². The van der Waals surface area contributed by atoms with Crippen molar-refractivity contribution in [3.05, 3.63) is 0 Å². The summed E-state index contributed by atoms with van der Waals surface area (Å²) in [6.07, 6.45) is -0.204. The average molecular weight is 166 g/mol. The van der Waals surface area contributed by atoms with E-state index < -0.39 is 5.92 Å². The molecule has 0 aromatic carbocycles. The van der Waals surface area contributed by atoms with Gasteiger partial charge < -0.3 is 4.74 Å².